The largest absolute Gasteiger partial charge is 0.234 e. The number of aromatic nitrogens is 1. The molecule has 1 N–H and O–H groups in total. The van der Waals surface area contributed by atoms with E-state index in [0.717, 1.165) is 6.07 Å². The molecule has 0 radical (unpaired) electrons. The van der Waals surface area contributed by atoms with Gasteiger partial charge in [-0.05, 0) is 6.92 Å². The lowest BCUT2D eigenvalue weighted by molar-refractivity contribution is -0.445. The van der Waals surface area contributed by atoms with Gasteiger partial charge in [-0.2, -0.15) is 0 Å². The van der Waals surface area contributed by atoms with Gasteiger partial charge in [0.25, 0.3) is 0 Å². The summed E-state index contributed by atoms with van der Waals surface area (Å²) in [7, 11) is 0. The summed E-state index contributed by atoms with van der Waals surface area (Å²) in [6, 6.07) is 0.970. The van der Waals surface area contributed by atoms with Crippen molar-refractivity contribution in [1.29, 1.82) is 0 Å². The first kappa shape index (κ1) is 8.38. The molecule has 1 aromatic rings. The van der Waals surface area contributed by atoms with Gasteiger partial charge in [-0.1, -0.05) is 5.43 Å². The van der Waals surface area contributed by atoms with Gasteiger partial charge in [-0.3, -0.25) is 0 Å². The van der Waals surface area contributed by atoms with Gasteiger partial charge in [0, 0.05) is 17.8 Å². The van der Waals surface area contributed by atoms with Gasteiger partial charge >= 0.3 is 0 Å². The molecule has 0 aliphatic heterocycles. The fourth-order valence-electron chi connectivity index (χ4n) is 0.654. The topological polar surface area (TPSA) is 68.1 Å². The average molecular weight is 171 g/mol. The van der Waals surface area contributed by atoms with Crippen LogP contribution in [0.4, 0.5) is 10.2 Å². The molecule has 0 spiro atoms. The third-order valence-corrected chi connectivity index (χ3v) is 1.24. The Kier molecular flexibility index (Phi) is 2.18. The van der Waals surface area contributed by atoms with Crippen LogP contribution < -0.4 is 5.43 Å². The van der Waals surface area contributed by atoms with Crippen molar-refractivity contribution in [2.75, 3.05) is 5.43 Å². The van der Waals surface area contributed by atoms with E-state index in [1.807, 2.05) is 0 Å². The van der Waals surface area contributed by atoms with Crippen LogP contribution in [0, 0.1) is 22.9 Å². The summed E-state index contributed by atoms with van der Waals surface area (Å²) in [5.74, 6) is -0.627. The van der Waals surface area contributed by atoms with Crippen molar-refractivity contribution in [2.24, 2.45) is 0 Å². The highest BCUT2D eigenvalue weighted by atomic mass is 19.1. The van der Waals surface area contributed by atoms with Crippen LogP contribution in [-0.4, -0.2) is 10.0 Å². The number of nitrogens with one attached hydrogen (secondary N) is 1. The second-order valence-corrected chi connectivity index (χ2v) is 2.19. The zero-order valence-electron chi connectivity index (χ0n) is 6.24. The zero-order chi connectivity index (χ0) is 9.14. The lowest BCUT2D eigenvalue weighted by atomic mass is 10.3. The molecule has 1 aromatic heterocycles. The van der Waals surface area contributed by atoms with Crippen LogP contribution >= 0.6 is 0 Å². The molecule has 0 amide bonds. The minimum Gasteiger partial charge on any atom is -0.234 e. The first-order valence-electron chi connectivity index (χ1n) is 3.13. The molecule has 64 valence electrons. The van der Waals surface area contributed by atoms with E-state index in [0.29, 0.717) is 5.56 Å². The number of halogens is 1. The SMILES string of the molecule is Cc1cnc(N[N+](=O)[O-])cc1F. The molecular formula is C6H6FN3O2. The Morgan fingerprint density at radius 2 is 2.42 bits per heavy atom. The summed E-state index contributed by atoms with van der Waals surface area (Å²) in [5.41, 5.74) is 2.09. The second kappa shape index (κ2) is 3.12. The molecule has 0 unspecified atom stereocenters. The Morgan fingerprint density at radius 3 is 2.92 bits per heavy atom. The molecule has 1 rings (SSSR count). The van der Waals surface area contributed by atoms with Crippen molar-refractivity contribution >= 4 is 5.82 Å². The maximum atomic E-state index is 12.7. The van der Waals surface area contributed by atoms with Gasteiger partial charge in [0.05, 0.1) is 0 Å². The molecule has 12 heavy (non-hydrogen) atoms. The summed E-state index contributed by atoms with van der Waals surface area (Å²) >= 11 is 0. The highest BCUT2D eigenvalue weighted by molar-refractivity contribution is 5.33. The Labute approximate surface area is 67.4 Å². The molecule has 0 aliphatic carbocycles. The van der Waals surface area contributed by atoms with Crippen LogP contribution in [0.1, 0.15) is 5.56 Å². The summed E-state index contributed by atoms with van der Waals surface area (Å²) in [4.78, 5) is 13.5. The molecule has 5 nitrogen and oxygen atoms in total. The van der Waals surface area contributed by atoms with Crippen LogP contribution in [0.3, 0.4) is 0 Å². The van der Waals surface area contributed by atoms with E-state index in [1.54, 1.807) is 5.43 Å². The number of hydrogen-bond donors (Lipinski definition) is 1. The third-order valence-electron chi connectivity index (χ3n) is 1.24. The minimum atomic E-state index is -0.795. The predicted molar refractivity (Wildman–Crippen MR) is 39.5 cm³/mol. The Bertz CT molecular complexity index is 316. The van der Waals surface area contributed by atoms with Crippen molar-refractivity contribution < 1.29 is 9.42 Å². The normalized spacial score (nSPS) is 9.50. The van der Waals surface area contributed by atoms with Gasteiger partial charge in [0.2, 0.25) is 0 Å². The minimum absolute atomic E-state index is 0.108. The van der Waals surface area contributed by atoms with E-state index in [2.05, 4.69) is 4.98 Å². The van der Waals surface area contributed by atoms with Gasteiger partial charge in [0.1, 0.15) is 5.82 Å². The Balaban J connectivity index is 2.89. The molecule has 0 fully saturated rings. The zero-order valence-corrected chi connectivity index (χ0v) is 6.24. The predicted octanol–water partition coefficient (Wildman–Crippen LogP) is 1.13. The highest BCUT2D eigenvalue weighted by Crippen LogP contribution is 2.09. The van der Waals surface area contributed by atoms with Crippen molar-refractivity contribution in [2.45, 2.75) is 6.92 Å². The number of hydrogen-bond acceptors (Lipinski definition) is 3. The molecule has 0 aliphatic rings. The Morgan fingerprint density at radius 1 is 1.75 bits per heavy atom. The van der Waals surface area contributed by atoms with Gasteiger partial charge in [0.15, 0.2) is 10.9 Å². The van der Waals surface area contributed by atoms with Crippen molar-refractivity contribution in [3.63, 3.8) is 0 Å². The van der Waals surface area contributed by atoms with E-state index in [9.17, 15) is 14.5 Å². The smallest absolute Gasteiger partial charge is 0.193 e. The number of aryl methyl sites for hydroxylation is 1. The number of anilines is 1. The third kappa shape index (κ3) is 1.88. The van der Waals surface area contributed by atoms with E-state index in [1.165, 1.54) is 13.1 Å². The molecule has 6 heteroatoms. The molecule has 0 atom stereocenters. The summed E-state index contributed by atoms with van der Waals surface area (Å²) in [6.07, 6.45) is 1.22. The van der Waals surface area contributed by atoms with Crippen molar-refractivity contribution in [3.05, 3.63) is 33.8 Å². The van der Waals surface area contributed by atoms with Crippen LogP contribution in [0.15, 0.2) is 12.3 Å². The van der Waals surface area contributed by atoms with Gasteiger partial charge in [-0.15, -0.1) is 0 Å². The standard InChI is InChI=1S/C6H6FN3O2/c1-4-3-8-6(2-5(4)7)9-10(11)12/h2-3H,1H3,(H,8,9). The number of pyridine rings is 1. The van der Waals surface area contributed by atoms with E-state index >= 15 is 0 Å². The quantitative estimate of drug-likeness (QED) is 0.535. The molecule has 0 saturated carbocycles. The number of hydrazine groups is 1. The summed E-state index contributed by atoms with van der Waals surface area (Å²) in [6.45, 7) is 1.53. The van der Waals surface area contributed by atoms with Crippen LogP contribution in [0.5, 0.6) is 0 Å². The van der Waals surface area contributed by atoms with Crippen LogP contribution in [-0.2, 0) is 0 Å². The first-order valence-corrected chi connectivity index (χ1v) is 3.13. The number of nitro groups is 1. The highest BCUT2D eigenvalue weighted by Gasteiger charge is 2.03. The monoisotopic (exact) mass is 171 g/mol. The van der Waals surface area contributed by atoms with Crippen LogP contribution in [0.2, 0.25) is 0 Å². The second-order valence-electron chi connectivity index (χ2n) is 2.19. The first-order chi connectivity index (χ1) is 5.59. The molecule has 0 aromatic carbocycles. The lowest BCUT2D eigenvalue weighted by Crippen LogP contribution is -2.09. The molecule has 1 heterocycles. The fraction of sp³-hybridized carbons (Fsp3) is 0.167. The van der Waals surface area contributed by atoms with E-state index < -0.39 is 10.8 Å². The molecular weight excluding hydrogens is 165 g/mol. The molecule has 0 bridgehead atoms. The maximum Gasteiger partial charge on any atom is 0.193 e. The summed E-state index contributed by atoms with van der Waals surface area (Å²) in [5, 5.41) is 9.10. The van der Waals surface area contributed by atoms with Crippen molar-refractivity contribution in [3.8, 4) is 0 Å². The van der Waals surface area contributed by atoms with E-state index in [-0.39, 0.29) is 5.82 Å². The summed E-state index contributed by atoms with van der Waals surface area (Å²) < 4.78 is 12.7. The fourth-order valence-corrected chi connectivity index (χ4v) is 0.654. The number of nitrogens with zero attached hydrogens (tertiary/aromatic N) is 2. The Hall–Kier alpha value is -1.72. The lowest BCUT2D eigenvalue weighted by Gasteiger charge is -1.97. The van der Waals surface area contributed by atoms with Gasteiger partial charge < -0.3 is 0 Å². The number of rotatable bonds is 2. The van der Waals surface area contributed by atoms with Crippen LogP contribution in [0.25, 0.3) is 0 Å². The van der Waals surface area contributed by atoms with E-state index in [4.69, 9.17) is 0 Å². The maximum absolute atomic E-state index is 12.7. The average Bonchev–Trinajstić information content (AvgIpc) is 1.96. The molecule has 0 saturated heterocycles. The van der Waals surface area contributed by atoms with Crippen molar-refractivity contribution in [1.82, 2.24) is 4.98 Å². The van der Waals surface area contributed by atoms with Gasteiger partial charge in [-0.25, -0.2) is 19.5 Å².